The Morgan fingerprint density at radius 1 is 0.944 bits per heavy atom. The Labute approximate surface area is 282 Å². The molecule has 1 aliphatic carbocycles. The number of benzene rings is 3. The number of rotatable bonds is 7. The summed E-state index contributed by atoms with van der Waals surface area (Å²) < 4.78 is 18.9. The molecule has 12 heteroatoms. The number of aliphatic hydroxyl groups is 1. The van der Waals surface area contributed by atoms with Gasteiger partial charge in [-0.15, -0.1) is 0 Å². The first-order chi connectivity index (χ1) is 16.8. The topological polar surface area (TPSA) is 106 Å². The van der Waals surface area contributed by atoms with Crippen molar-refractivity contribution >= 4 is 107 Å². The summed E-state index contributed by atoms with van der Waals surface area (Å²) in [4.78, 5) is 25.8. The molecule has 2 aromatic carbocycles. The Bertz CT molecular complexity index is 1470. The first kappa shape index (κ1) is 30.8. The van der Waals surface area contributed by atoms with E-state index >= 15 is 0 Å². The maximum atomic E-state index is 13.1. The second-order valence-corrected chi connectivity index (χ2v) is 11.8. The molecular weight excluding hydrogens is 931 g/mol. The summed E-state index contributed by atoms with van der Waals surface area (Å²) in [6, 6.07) is 10.7. The van der Waals surface area contributed by atoms with Gasteiger partial charge < -0.3 is 24.1 Å². The number of aromatic hydroxyl groups is 1. The zero-order valence-electron chi connectivity index (χ0n) is 18.7. The van der Waals surface area contributed by atoms with E-state index in [9.17, 15) is 14.7 Å². The van der Waals surface area contributed by atoms with E-state index in [1.807, 2.05) is 79.9 Å². The van der Waals surface area contributed by atoms with E-state index in [1.54, 1.807) is 24.3 Å². The summed E-state index contributed by atoms with van der Waals surface area (Å²) in [7, 11) is 0. The van der Waals surface area contributed by atoms with Crippen LogP contribution >= 0.6 is 90.4 Å². The molecule has 2 N–H and O–H groups in total. The van der Waals surface area contributed by atoms with Gasteiger partial charge in [0.25, 0.3) is 0 Å². The average molecular weight is 947 g/mol. The Morgan fingerprint density at radius 2 is 1.67 bits per heavy atom. The van der Waals surface area contributed by atoms with Crippen molar-refractivity contribution in [3.8, 4) is 28.2 Å². The summed E-state index contributed by atoms with van der Waals surface area (Å²) in [5.41, 5.74) is 2.62. The number of halogens is 4. The van der Waals surface area contributed by atoms with Crippen LogP contribution < -0.4 is 35.0 Å². The molecule has 0 unspecified atom stereocenters. The van der Waals surface area contributed by atoms with Gasteiger partial charge in [-0.3, -0.25) is 4.79 Å². The van der Waals surface area contributed by atoms with Gasteiger partial charge in [-0.1, -0.05) is 18.2 Å². The molecule has 0 bridgehead atoms. The van der Waals surface area contributed by atoms with Crippen LogP contribution in [0.1, 0.15) is 10.4 Å². The predicted molar refractivity (Wildman–Crippen MR) is 165 cm³/mol. The number of aliphatic hydroxyl groups excluding tert-OH is 1. The molecule has 0 radical (unpaired) electrons. The van der Waals surface area contributed by atoms with Crippen LogP contribution in [-0.2, 0) is 9.47 Å². The molecule has 1 aliphatic heterocycles. The van der Waals surface area contributed by atoms with E-state index in [0.29, 0.717) is 53.3 Å². The van der Waals surface area contributed by atoms with Gasteiger partial charge in [-0.05, 0) is 114 Å². The maximum Gasteiger partial charge on any atom is 1.00 e. The third-order valence-electron chi connectivity index (χ3n) is 5.14. The minimum atomic E-state index is -0.525. The van der Waals surface area contributed by atoms with Gasteiger partial charge >= 0.3 is 35.5 Å². The second kappa shape index (κ2) is 13.5. The average Bonchev–Trinajstić information content (AvgIpc) is 2.85. The summed E-state index contributed by atoms with van der Waals surface area (Å²) in [5.74, 6) is -0.0490. The fourth-order valence-corrected chi connectivity index (χ4v) is 7.18. The summed E-state index contributed by atoms with van der Waals surface area (Å²) in [6.07, 6.45) is 0. The van der Waals surface area contributed by atoms with E-state index in [2.05, 4.69) is 22.6 Å². The zero-order chi connectivity index (χ0) is 25.3. The number of hydrogen-bond donors (Lipinski definition) is 2. The van der Waals surface area contributed by atoms with E-state index in [4.69, 9.17) is 19.0 Å². The molecule has 2 aromatic rings. The number of ether oxygens (including phenoxy) is 2. The Balaban J connectivity index is 0.00000361. The quantitative estimate of drug-likeness (QED) is 0.0967. The van der Waals surface area contributed by atoms with Crippen LogP contribution in [0.4, 0.5) is 0 Å². The van der Waals surface area contributed by atoms with Crippen LogP contribution in [0.15, 0.2) is 45.6 Å². The smallest absolute Gasteiger partial charge is 0.506 e. The Kier molecular flexibility index (Phi) is 11.6. The van der Waals surface area contributed by atoms with Crippen LogP contribution in [0, 0.1) is 14.3 Å². The van der Waals surface area contributed by atoms with Crippen molar-refractivity contribution in [2.24, 2.45) is 0 Å². The van der Waals surface area contributed by atoms with Crippen molar-refractivity contribution in [2.45, 2.75) is 0 Å². The molecule has 0 atom stereocenters. The second-order valence-electron chi connectivity index (χ2n) is 7.27. The van der Waals surface area contributed by atoms with Gasteiger partial charge in [-0.25, -0.2) is 4.79 Å². The summed E-state index contributed by atoms with van der Waals surface area (Å²) in [5, 5.41) is 20.1. The molecule has 1 heterocycles. The third kappa shape index (κ3) is 6.18. The van der Waals surface area contributed by atoms with Gasteiger partial charge in [-0.2, -0.15) is 0 Å². The number of carbonyl (C=O) groups is 1. The number of carbonyl (C=O) groups excluding carboxylic acids is 1. The van der Waals surface area contributed by atoms with Gasteiger partial charge in [0.05, 0.1) is 36.1 Å². The largest absolute Gasteiger partial charge is 1.00 e. The molecule has 0 saturated carbocycles. The van der Waals surface area contributed by atoms with Crippen molar-refractivity contribution in [1.29, 1.82) is 0 Å². The van der Waals surface area contributed by atoms with Crippen molar-refractivity contribution in [3.63, 3.8) is 0 Å². The Morgan fingerprint density at radius 3 is 2.39 bits per heavy atom. The van der Waals surface area contributed by atoms with E-state index in [-0.39, 0.29) is 67.2 Å². The standard InChI is InChI=1S/C24H16I4O7.Na/c25-15-9-13-17(11-3-1-2-4-12(11)24(32)34-8-7-33-6-5-29)14-10-16(26)21(31)19(28)23(14)35-22(13)18(27)20(15)30;/h1-4,9-10,29-30H,5-8H2;/q;+1. The molecule has 0 aromatic heterocycles. The van der Waals surface area contributed by atoms with Crippen LogP contribution in [0.2, 0.25) is 0 Å². The molecule has 0 saturated heterocycles. The SMILES string of the molecule is O=C(OCCOCCO)c1ccccc1-c1c2cc(I)c(=O)c(I)c-2oc2c(I)c(O)c(I)cc12.[Na+]. The van der Waals surface area contributed by atoms with Gasteiger partial charge in [0.15, 0.2) is 11.3 Å². The summed E-state index contributed by atoms with van der Waals surface area (Å²) in [6.45, 7) is 0.273. The first-order valence-corrected chi connectivity index (χ1v) is 14.5. The zero-order valence-corrected chi connectivity index (χ0v) is 29.4. The molecule has 0 amide bonds. The number of phenolic OH excluding ortho intramolecular Hbond substituents is 1. The molecular formula is C24H16I4NaO7+. The van der Waals surface area contributed by atoms with Gasteiger partial charge in [0.1, 0.15) is 15.9 Å². The number of phenols is 1. The van der Waals surface area contributed by atoms with E-state index in [1.165, 1.54) is 0 Å². The van der Waals surface area contributed by atoms with E-state index in [0.717, 1.165) is 0 Å². The summed E-state index contributed by atoms with van der Waals surface area (Å²) >= 11 is 8.05. The number of esters is 1. The normalized spacial score (nSPS) is 11.0. The van der Waals surface area contributed by atoms with Crippen LogP contribution in [0.5, 0.6) is 5.75 Å². The predicted octanol–water partition coefficient (Wildman–Crippen LogP) is 2.86. The molecule has 2 aliphatic rings. The van der Waals surface area contributed by atoms with Crippen LogP contribution in [-0.4, -0.2) is 42.6 Å². The van der Waals surface area contributed by atoms with E-state index < -0.39 is 5.97 Å². The number of fused-ring (bicyclic) bond motifs is 2. The van der Waals surface area contributed by atoms with Crippen LogP contribution in [0.25, 0.3) is 33.4 Å². The maximum absolute atomic E-state index is 13.1. The van der Waals surface area contributed by atoms with Crippen molar-refractivity contribution in [2.75, 3.05) is 26.4 Å². The number of hydrogen-bond acceptors (Lipinski definition) is 7. The van der Waals surface area contributed by atoms with Crippen molar-refractivity contribution < 1.29 is 58.5 Å². The Hall–Kier alpha value is 0.240. The van der Waals surface area contributed by atoms with Gasteiger partial charge in [0, 0.05) is 16.5 Å². The molecule has 4 rings (SSSR count). The van der Waals surface area contributed by atoms with Crippen LogP contribution in [0.3, 0.4) is 0 Å². The third-order valence-corrected chi connectivity index (χ3v) is 8.74. The van der Waals surface area contributed by atoms with Gasteiger partial charge in [0.2, 0.25) is 5.43 Å². The minimum absolute atomic E-state index is 0. The fourth-order valence-electron chi connectivity index (χ4n) is 3.60. The van der Waals surface area contributed by atoms with Crippen molar-refractivity contribution in [1.82, 2.24) is 0 Å². The molecule has 36 heavy (non-hydrogen) atoms. The minimum Gasteiger partial charge on any atom is -0.506 e. The molecule has 182 valence electrons. The monoisotopic (exact) mass is 947 g/mol. The molecule has 0 fully saturated rings. The molecule has 7 nitrogen and oxygen atoms in total. The molecule has 0 spiro atoms. The van der Waals surface area contributed by atoms with Crippen molar-refractivity contribution in [3.05, 3.63) is 66.5 Å². The fraction of sp³-hybridized carbons (Fsp3) is 0.167. The first-order valence-electron chi connectivity index (χ1n) is 10.2.